The quantitative estimate of drug-likeness (QED) is 0.205. The van der Waals surface area contributed by atoms with Crippen LogP contribution in [0.4, 0.5) is 0 Å². The van der Waals surface area contributed by atoms with Gasteiger partial charge < -0.3 is 4.42 Å². The van der Waals surface area contributed by atoms with Crippen molar-refractivity contribution < 1.29 is 8.98 Å². The zero-order valence-corrected chi connectivity index (χ0v) is 25.1. The molecule has 4 heteroatoms. The van der Waals surface area contributed by atoms with E-state index in [1.165, 1.54) is 33.5 Å². The Morgan fingerprint density at radius 2 is 1.86 bits per heavy atom. The van der Waals surface area contributed by atoms with Crippen molar-refractivity contribution in [1.29, 1.82) is 0 Å². The summed E-state index contributed by atoms with van der Waals surface area (Å²) in [6, 6.07) is 22.2. The van der Waals surface area contributed by atoms with Crippen molar-refractivity contribution in [2.24, 2.45) is 10.4 Å². The highest BCUT2D eigenvalue weighted by Crippen LogP contribution is 2.41. The maximum Gasteiger partial charge on any atom is 0.227 e. The molecule has 0 radical (unpaired) electrons. The first-order valence-corrected chi connectivity index (χ1v) is 15.0. The molecule has 5 heterocycles. The van der Waals surface area contributed by atoms with Gasteiger partial charge >= 0.3 is 0 Å². The van der Waals surface area contributed by atoms with Gasteiger partial charge in [0.15, 0.2) is 11.9 Å². The predicted octanol–water partition coefficient (Wildman–Crippen LogP) is 8.78. The van der Waals surface area contributed by atoms with Gasteiger partial charge in [-0.15, -0.1) is 0 Å². The summed E-state index contributed by atoms with van der Waals surface area (Å²) in [5, 5.41) is 2.16. The largest absolute Gasteiger partial charge is 0.438 e. The normalized spacial score (nSPS) is 18.6. The smallest absolute Gasteiger partial charge is 0.227 e. The molecule has 0 aliphatic carbocycles. The summed E-state index contributed by atoms with van der Waals surface area (Å²) in [6.07, 6.45) is 7.80. The fourth-order valence-electron chi connectivity index (χ4n) is 6.98. The molecule has 0 saturated carbocycles. The number of benzene rings is 2. The lowest BCUT2D eigenvalue weighted by Crippen LogP contribution is -2.38. The van der Waals surface area contributed by atoms with Crippen LogP contribution in [0.3, 0.4) is 0 Å². The number of rotatable bonds is 2. The molecule has 2 atom stereocenters. The SMILES string of the molecule is C=CC1=NC2CC(=C)[n+]3ccc(CC(C)(C)C)cc3-c3cc4c(cc3CCC2c2ccccc21)oc1nc(C)ccc14. The lowest BCUT2D eigenvalue weighted by molar-refractivity contribution is -0.571. The second-order valence-electron chi connectivity index (χ2n) is 13.2. The summed E-state index contributed by atoms with van der Waals surface area (Å²) < 4.78 is 8.65. The molecule has 0 spiro atoms. The van der Waals surface area contributed by atoms with E-state index in [1.54, 1.807) is 0 Å². The second-order valence-corrected chi connectivity index (χ2v) is 13.2. The van der Waals surface area contributed by atoms with Gasteiger partial charge in [0.25, 0.3) is 0 Å². The average Bonchev–Trinajstić information content (AvgIpc) is 3.30. The van der Waals surface area contributed by atoms with Crippen molar-refractivity contribution in [1.82, 2.24) is 4.98 Å². The summed E-state index contributed by atoms with van der Waals surface area (Å²) in [5.74, 6) is 0.285. The van der Waals surface area contributed by atoms with Crippen molar-refractivity contribution in [2.75, 3.05) is 0 Å². The van der Waals surface area contributed by atoms with Crippen LogP contribution in [-0.2, 0) is 12.8 Å². The standard InChI is InChI=1S/C38H38N3O/c1-7-33-28-11-9-8-10-27(28)29-15-13-26-20-36-32(30-14-12-23(2)39-37(30)42-36)21-31(26)35-19-25(22-38(4,5)6)16-17-41(35)24(3)18-34(29)40-33/h7-12,14,16-17,19-21,29,34H,1,3,13,15,18,22H2,2,4-6H3/q+1. The van der Waals surface area contributed by atoms with Gasteiger partial charge in [-0.1, -0.05) is 51.6 Å². The van der Waals surface area contributed by atoms with Crippen LogP contribution in [0.5, 0.6) is 0 Å². The Bertz CT molecular complexity index is 1930. The van der Waals surface area contributed by atoms with Gasteiger partial charge in [0.05, 0.1) is 23.7 Å². The summed E-state index contributed by atoms with van der Waals surface area (Å²) in [7, 11) is 0. The number of aromatic nitrogens is 2. The maximum absolute atomic E-state index is 6.35. The fourth-order valence-corrected chi connectivity index (χ4v) is 6.98. The molecule has 2 aliphatic rings. The van der Waals surface area contributed by atoms with Crippen molar-refractivity contribution in [2.45, 2.75) is 65.3 Å². The minimum atomic E-state index is 0.0960. The zero-order valence-electron chi connectivity index (χ0n) is 25.1. The molecule has 0 fully saturated rings. The number of hydrogen-bond acceptors (Lipinski definition) is 3. The highest BCUT2D eigenvalue weighted by Gasteiger charge is 2.35. The third kappa shape index (κ3) is 4.59. The summed E-state index contributed by atoms with van der Waals surface area (Å²) in [6.45, 7) is 17.7. The van der Waals surface area contributed by atoms with Gasteiger partial charge in [0, 0.05) is 40.1 Å². The molecular weight excluding hydrogens is 514 g/mol. The van der Waals surface area contributed by atoms with Gasteiger partial charge in [-0.25, -0.2) is 4.98 Å². The molecule has 5 aromatic rings. The first kappa shape index (κ1) is 26.6. The first-order chi connectivity index (χ1) is 20.2. The molecular formula is C38H38N3O+. The third-order valence-corrected chi connectivity index (χ3v) is 8.84. The number of furan rings is 1. The topological polar surface area (TPSA) is 42.3 Å². The van der Waals surface area contributed by atoms with Crippen LogP contribution in [0, 0.1) is 12.3 Å². The summed E-state index contributed by atoms with van der Waals surface area (Å²) in [5.41, 5.74) is 12.3. The second kappa shape index (κ2) is 9.90. The molecule has 4 nitrogen and oxygen atoms in total. The van der Waals surface area contributed by atoms with Crippen LogP contribution in [0.2, 0.25) is 0 Å². The van der Waals surface area contributed by atoms with E-state index < -0.39 is 0 Å². The van der Waals surface area contributed by atoms with E-state index in [0.29, 0.717) is 5.71 Å². The van der Waals surface area contributed by atoms with E-state index in [9.17, 15) is 0 Å². The number of hydrogen-bond donors (Lipinski definition) is 0. The predicted molar refractivity (Wildman–Crippen MR) is 173 cm³/mol. The van der Waals surface area contributed by atoms with E-state index in [1.807, 2.05) is 13.0 Å². The van der Waals surface area contributed by atoms with Gasteiger partial charge in [-0.05, 0) is 85.2 Å². The minimum Gasteiger partial charge on any atom is -0.438 e. The highest BCUT2D eigenvalue weighted by molar-refractivity contribution is 6.10. The van der Waals surface area contributed by atoms with Crippen molar-refractivity contribution in [3.05, 3.63) is 114 Å². The molecule has 42 heavy (non-hydrogen) atoms. The molecule has 0 bridgehead atoms. The van der Waals surface area contributed by atoms with Crippen LogP contribution in [0.15, 0.2) is 95.5 Å². The van der Waals surface area contributed by atoms with E-state index in [4.69, 9.17) is 14.4 Å². The summed E-state index contributed by atoms with van der Waals surface area (Å²) in [4.78, 5) is 9.97. The van der Waals surface area contributed by atoms with Crippen molar-refractivity contribution in [3.8, 4) is 11.3 Å². The molecule has 2 aliphatic heterocycles. The minimum absolute atomic E-state index is 0.0960. The Morgan fingerprint density at radius 1 is 1.02 bits per heavy atom. The van der Waals surface area contributed by atoms with Crippen LogP contribution in [0.25, 0.3) is 39.0 Å². The highest BCUT2D eigenvalue weighted by atomic mass is 16.3. The monoisotopic (exact) mass is 552 g/mol. The average molecular weight is 553 g/mol. The van der Waals surface area contributed by atoms with Crippen molar-refractivity contribution >= 4 is 33.5 Å². The number of pyridine rings is 2. The van der Waals surface area contributed by atoms with E-state index in [2.05, 4.69) is 105 Å². The van der Waals surface area contributed by atoms with Gasteiger partial charge in [0.2, 0.25) is 11.4 Å². The molecule has 0 amide bonds. The van der Waals surface area contributed by atoms with Crippen LogP contribution in [-0.4, -0.2) is 16.7 Å². The zero-order chi connectivity index (χ0) is 29.2. The molecule has 0 N–H and O–H groups in total. The molecule has 2 unspecified atom stereocenters. The molecule has 7 rings (SSSR count). The Labute approximate surface area is 248 Å². The lowest BCUT2D eigenvalue weighted by Gasteiger charge is -2.32. The Morgan fingerprint density at radius 3 is 2.67 bits per heavy atom. The number of aryl methyl sites for hydroxylation is 2. The number of aliphatic imine (C=N–C) groups is 1. The third-order valence-electron chi connectivity index (χ3n) is 8.84. The van der Waals surface area contributed by atoms with Crippen molar-refractivity contribution in [3.63, 3.8) is 0 Å². The summed E-state index contributed by atoms with van der Waals surface area (Å²) >= 11 is 0. The number of allylic oxidation sites excluding steroid dienone is 1. The Balaban J connectivity index is 1.46. The Kier molecular flexibility index (Phi) is 6.27. The lowest BCUT2D eigenvalue weighted by atomic mass is 9.78. The number of fused-ring (bicyclic) bond motifs is 9. The van der Waals surface area contributed by atoms with E-state index in [0.717, 1.165) is 59.1 Å². The Hall–Kier alpha value is -4.31. The van der Waals surface area contributed by atoms with Crippen LogP contribution >= 0.6 is 0 Å². The molecule has 3 aromatic heterocycles. The maximum atomic E-state index is 6.35. The van der Waals surface area contributed by atoms with Gasteiger partial charge in [-0.3, -0.25) is 4.99 Å². The molecule has 210 valence electrons. The van der Waals surface area contributed by atoms with E-state index in [-0.39, 0.29) is 17.4 Å². The molecule has 2 aromatic carbocycles. The first-order valence-electron chi connectivity index (χ1n) is 15.0. The van der Waals surface area contributed by atoms with Gasteiger partial charge in [0.1, 0.15) is 5.58 Å². The van der Waals surface area contributed by atoms with Crippen LogP contribution < -0.4 is 4.57 Å². The van der Waals surface area contributed by atoms with E-state index >= 15 is 0 Å². The number of nitrogens with zero attached hydrogens (tertiary/aromatic N) is 3. The van der Waals surface area contributed by atoms with Gasteiger partial charge in [-0.2, -0.15) is 4.57 Å². The van der Waals surface area contributed by atoms with Crippen LogP contribution in [0.1, 0.15) is 67.5 Å². The molecule has 0 saturated heterocycles. The fraction of sp³-hybridized carbons (Fsp3) is 0.289.